The highest BCUT2D eigenvalue weighted by Gasteiger charge is 2.46. The van der Waals surface area contributed by atoms with Crippen LogP contribution < -0.4 is 0 Å². The smallest absolute Gasteiger partial charge is 0.248 e. The summed E-state index contributed by atoms with van der Waals surface area (Å²) in [6.07, 6.45) is 5.18. The highest BCUT2D eigenvalue weighted by Crippen LogP contribution is 2.44. The topological polar surface area (TPSA) is 49.9 Å². The highest BCUT2D eigenvalue weighted by molar-refractivity contribution is 8.00. The Morgan fingerprint density at radius 3 is 2.60 bits per heavy atom. The van der Waals surface area contributed by atoms with E-state index in [1.54, 1.807) is 6.08 Å². The summed E-state index contributed by atoms with van der Waals surface area (Å²) < 4.78 is 4.94. The van der Waals surface area contributed by atoms with Crippen molar-refractivity contribution in [2.45, 2.75) is 17.7 Å². The van der Waals surface area contributed by atoms with Crippen molar-refractivity contribution in [2.75, 3.05) is 39.1 Å². The van der Waals surface area contributed by atoms with E-state index >= 15 is 0 Å². The maximum Gasteiger partial charge on any atom is 0.248 e. The number of rotatable bonds is 4. The fraction of sp³-hybridized carbons (Fsp3) is 0.474. The van der Waals surface area contributed by atoms with Gasteiger partial charge in [-0.15, -0.1) is 11.8 Å². The summed E-state index contributed by atoms with van der Waals surface area (Å²) in [4.78, 5) is 28.4. The van der Waals surface area contributed by atoms with Gasteiger partial charge in [-0.25, -0.2) is 0 Å². The number of carbonyl (C=O) groups is 2. The quantitative estimate of drug-likeness (QED) is 0.773. The molecule has 1 spiro atoms. The SMILES string of the molecule is COCC(=O)N1CCC2(CC1)SCCN2C(=O)/C=C/c1ccccc1. The van der Waals surface area contributed by atoms with Crippen molar-refractivity contribution >= 4 is 29.7 Å². The minimum absolute atomic E-state index is 0.0298. The molecule has 0 unspecified atom stereocenters. The molecule has 0 bridgehead atoms. The average molecular weight is 360 g/mol. The van der Waals surface area contributed by atoms with E-state index < -0.39 is 0 Å². The van der Waals surface area contributed by atoms with E-state index in [0.717, 1.165) is 30.7 Å². The molecular weight excluding hydrogens is 336 g/mol. The van der Waals surface area contributed by atoms with Crippen LogP contribution in [0.25, 0.3) is 6.08 Å². The van der Waals surface area contributed by atoms with Crippen molar-refractivity contribution < 1.29 is 14.3 Å². The predicted octanol–water partition coefficient (Wildman–Crippen LogP) is 2.24. The van der Waals surface area contributed by atoms with Gasteiger partial charge in [0.05, 0.1) is 4.87 Å². The number of ether oxygens (including phenoxy) is 1. The van der Waals surface area contributed by atoms with Gasteiger partial charge < -0.3 is 14.5 Å². The first-order valence-corrected chi connectivity index (χ1v) is 9.59. The number of hydrogen-bond acceptors (Lipinski definition) is 4. The van der Waals surface area contributed by atoms with Gasteiger partial charge in [0.1, 0.15) is 6.61 Å². The largest absolute Gasteiger partial charge is 0.375 e. The third-order valence-electron chi connectivity index (χ3n) is 4.83. The van der Waals surface area contributed by atoms with E-state index in [0.29, 0.717) is 13.1 Å². The molecule has 2 aliphatic rings. The summed E-state index contributed by atoms with van der Waals surface area (Å²) in [6.45, 7) is 2.26. The molecule has 1 aromatic carbocycles. The second-order valence-corrected chi connectivity index (χ2v) is 7.80. The number of methoxy groups -OCH3 is 1. The molecule has 6 heteroatoms. The molecule has 3 rings (SSSR count). The highest BCUT2D eigenvalue weighted by atomic mass is 32.2. The van der Waals surface area contributed by atoms with Gasteiger partial charge in [-0.2, -0.15) is 0 Å². The molecule has 2 heterocycles. The predicted molar refractivity (Wildman–Crippen MR) is 100 cm³/mol. The van der Waals surface area contributed by atoms with Gasteiger partial charge in [0.25, 0.3) is 0 Å². The number of thioether (sulfide) groups is 1. The molecule has 0 aromatic heterocycles. The fourth-order valence-corrected chi connectivity index (χ4v) is 4.94. The number of benzene rings is 1. The standard InChI is InChI=1S/C19H24N2O3S/c1-24-15-18(23)20-11-9-19(10-12-20)21(13-14-25-19)17(22)8-7-16-5-3-2-4-6-16/h2-8H,9-15H2,1H3/b8-7+. The van der Waals surface area contributed by atoms with Gasteiger partial charge in [0.2, 0.25) is 11.8 Å². The number of amides is 2. The molecule has 134 valence electrons. The summed E-state index contributed by atoms with van der Waals surface area (Å²) in [5.41, 5.74) is 1.02. The number of carbonyl (C=O) groups excluding carboxylic acids is 2. The molecule has 1 aromatic rings. The summed E-state index contributed by atoms with van der Waals surface area (Å²) >= 11 is 1.85. The van der Waals surface area contributed by atoms with Gasteiger partial charge in [0, 0.05) is 38.6 Å². The molecule has 5 nitrogen and oxygen atoms in total. The Hall–Kier alpha value is -1.79. The zero-order chi connectivity index (χ0) is 17.7. The monoisotopic (exact) mass is 360 g/mol. The molecule has 2 aliphatic heterocycles. The maximum absolute atomic E-state index is 12.7. The van der Waals surface area contributed by atoms with Crippen LogP contribution in [-0.4, -0.2) is 65.6 Å². The van der Waals surface area contributed by atoms with Crippen LogP contribution in [0.2, 0.25) is 0 Å². The summed E-state index contributed by atoms with van der Waals surface area (Å²) in [6, 6.07) is 9.86. The zero-order valence-corrected chi connectivity index (χ0v) is 15.3. The van der Waals surface area contributed by atoms with Crippen molar-refractivity contribution in [3.8, 4) is 0 Å². The van der Waals surface area contributed by atoms with Crippen LogP contribution in [0.15, 0.2) is 36.4 Å². The minimum Gasteiger partial charge on any atom is -0.375 e. The Morgan fingerprint density at radius 2 is 1.92 bits per heavy atom. The van der Waals surface area contributed by atoms with Gasteiger partial charge in [-0.3, -0.25) is 9.59 Å². The Balaban J connectivity index is 1.63. The van der Waals surface area contributed by atoms with E-state index in [4.69, 9.17) is 4.74 Å². The van der Waals surface area contributed by atoms with E-state index in [9.17, 15) is 9.59 Å². The second kappa shape index (κ2) is 8.06. The molecule has 0 saturated carbocycles. The van der Waals surface area contributed by atoms with Crippen molar-refractivity contribution in [3.63, 3.8) is 0 Å². The van der Waals surface area contributed by atoms with E-state index in [2.05, 4.69) is 0 Å². The Labute approximate surface area is 153 Å². The molecule has 25 heavy (non-hydrogen) atoms. The molecule has 2 saturated heterocycles. The second-order valence-electron chi connectivity index (χ2n) is 6.34. The molecule has 2 amide bonds. The summed E-state index contributed by atoms with van der Waals surface area (Å²) in [5.74, 6) is 1.05. The molecule has 0 N–H and O–H groups in total. The molecular formula is C19H24N2O3S. The van der Waals surface area contributed by atoms with Crippen molar-refractivity contribution in [1.82, 2.24) is 9.80 Å². The van der Waals surface area contributed by atoms with Crippen LogP contribution in [0.4, 0.5) is 0 Å². The maximum atomic E-state index is 12.7. The van der Waals surface area contributed by atoms with Gasteiger partial charge >= 0.3 is 0 Å². The van der Waals surface area contributed by atoms with Crippen LogP contribution in [0.3, 0.4) is 0 Å². The first kappa shape index (κ1) is 18.0. The van der Waals surface area contributed by atoms with Gasteiger partial charge in [-0.05, 0) is 24.5 Å². The number of hydrogen-bond donors (Lipinski definition) is 0. The molecule has 0 aliphatic carbocycles. The lowest BCUT2D eigenvalue weighted by molar-refractivity contribution is -0.138. The zero-order valence-electron chi connectivity index (χ0n) is 14.5. The lowest BCUT2D eigenvalue weighted by atomic mass is 10.0. The van der Waals surface area contributed by atoms with E-state index in [-0.39, 0.29) is 23.3 Å². The molecule has 0 radical (unpaired) electrons. The van der Waals surface area contributed by atoms with E-state index in [1.165, 1.54) is 7.11 Å². The first-order chi connectivity index (χ1) is 12.1. The van der Waals surface area contributed by atoms with Crippen molar-refractivity contribution in [1.29, 1.82) is 0 Å². The van der Waals surface area contributed by atoms with Crippen molar-refractivity contribution in [3.05, 3.63) is 42.0 Å². The first-order valence-electron chi connectivity index (χ1n) is 8.60. The lowest BCUT2D eigenvalue weighted by Crippen LogP contribution is -2.53. The van der Waals surface area contributed by atoms with Crippen LogP contribution >= 0.6 is 11.8 Å². The Morgan fingerprint density at radius 1 is 1.20 bits per heavy atom. The lowest BCUT2D eigenvalue weighted by Gasteiger charge is -2.43. The van der Waals surface area contributed by atoms with Gasteiger partial charge in [0.15, 0.2) is 0 Å². The number of likely N-dealkylation sites (tertiary alicyclic amines) is 1. The Bertz CT molecular complexity index is 639. The molecule has 2 fully saturated rings. The van der Waals surface area contributed by atoms with Crippen molar-refractivity contribution in [2.24, 2.45) is 0 Å². The summed E-state index contributed by atoms with van der Waals surface area (Å²) in [7, 11) is 1.54. The van der Waals surface area contributed by atoms with Crippen LogP contribution in [0, 0.1) is 0 Å². The normalized spacial score (nSPS) is 19.7. The van der Waals surface area contributed by atoms with Gasteiger partial charge in [-0.1, -0.05) is 30.3 Å². The van der Waals surface area contributed by atoms with Crippen LogP contribution in [0.5, 0.6) is 0 Å². The summed E-state index contributed by atoms with van der Waals surface area (Å²) in [5, 5.41) is 0. The number of nitrogens with zero attached hydrogens (tertiary/aromatic N) is 2. The third-order valence-corrected chi connectivity index (χ3v) is 6.38. The van der Waals surface area contributed by atoms with Crippen LogP contribution in [-0.2, 0) is 14.3 Å². The number of piperidine rings is 1. The third kappa shape index (κ3) is 4.07. The minimum atomic E-state index is -0.165. The van der Waals surface area contributed by atoms with E-state index in [1.807, 2.05) is 58.0 Å². The Kier molecular flexibility index (Phi) is 5.81. The van der Waals surface area contributed by atoms with Crippen LogP contribution in [0.1, 0.15) is 18.4 Å². The molecule has 0 atom stereocenters. The fourth-order valence-electron chi connectivity index (χ4n) is 3.48. The average Bonchev–Trinajstić information content (AvgIpc) is 3.04.